The van der Waals surface area contributed by atoms with E-state index in [1.54, 1.807) is 0 Å². The Labute approximate surface area is 119 Å². The summed E-state index contributed by atoms with van der Waals surface area (Å²) in [5.74, 6) is 0.202. The second-order valence-electron chi connectivity index (χ2n) is 4.71. The van der Waals surface area contributed by atoms with Gasteiger partial charge in [0.2, 0.25) is 5.75 Å². The van der Waals surface area contributed by atoms with Crippen LogP contribution in [0.15, 0.2) is 6.07 Å². The Morgan fingerprint density at radius 1 is 1.20 bits per heavy atom. The van der Waals surface area contributed by atoms with Gasteiger partial charge in [0.15, 0.2) is 11.5 Å². The molecule has 0 amide bonds. The summed E-state index contributed by atoms with van der Waals surface area (Å²) in [7, 11) is 3.02. The zero-order valence-corrected chi connectivity index (χ0v) is 12.2. The molecule has 5 heteroatoms. The summed E-state index contributed by atoms with van der Waals surface area (Å²) >= 11 is 0. The van der Waals surface area contributed by atoms with E-state index in [1.165, 1.54) is 14.2 Å². The Morgan fingerprint density at radius 2 is 1.90 bits per heavy atom. The van der Waals surface area contributed by atoms with Crippen LogP contribution in [0, 0.1) is 6.92 Å². The molecule has 0 radical (unpaired) electrons. The molecule has 0 saturated heterocycles. The second kappa shape index (κ2) is 7.62. The molecule has 1 aromatic rings. The van der Waals surface area contributed by atoms with Gasteiger partial charge in [-0.2, -0.15) is 0 Å². The van der Waals surface area contributed by atoms with Gasteiger partial charge in [-0.3, -0.25) is 4.79 Å². The Bertz CT molecular complexity index is 468. The molecule has 0 aromatic heterocycles. The van der Waals surface area contributed by atoms with Gasteiger partial charge in [-0.15, -0.1) is 0 Å². The fourth-order valence-corrected chi connectivity index (χ4v) is 2.21. The van der Waals surface area contributed by atoms with E-state index in [0.717, 1.165) is 24.0 Å². The maximum Gasteiger partial charge on any atom is 0.303 e. The van der Waals surface area contributed by atoms with Gasteiger partial charge in [0.05, 0.1) is 14.2 Å². The molecule has 1 aromatic carbocycles. The Hall–Kier alpha value is -1.91. The summed E-state index contributed by atoms with van der Waals surface area (Å²) in [4.78, 5) is 10.4. The third-order valence-corrected chi connectivity index (χ3v) is 3.29. The van der Waals surface area contributed by atoms with Crippen molar-refractivity contribution in [3.8, 4) is 17.2 Å². The molecule has 2 N–H and O–H groups in total. The average Bonchev–Trinajstić information content (AvgIpc) is 2.40. The molecule has 0 aliphatic rings. The van der Waals surface area contributed by atoms with Crippen LogP contribution >= 0.6 is 0 Å². The smallest absolute Gasteiger partial charge is 0.303 e. The van der Waals surface area contributed by atoms with Crippen LogP contribution in [0.1, 0.15) is 36.8 Å². The van der Waals surface area contributed by atoms with Crippen LogP contribution in [0.25, 0.3) is 0 Å². The van der Waals surface area contributed by atoms with Gasteiger partial charge in [0.25, 0.3) is 0 Å². The monoisotopic (exact) mass is 282 g/mol. The average molecular weight is 282 g/mol. The van der Waals surface area contributed by atoms with Crippen molar-refractivity contribution in [2.45, 2.75) is 39.0 Å². The van der Waals surface area contributed by atoms with E-state index in [1.807, 2.05) is 13.0 Å². The zero-order valence-electron chi connectivity index (χ0n) is 12.2. The summed E-state index contributed by atoms with van der Waals surface area (Å²) < 4.78 is 10.3. The van der Waals surface area contributed by atoms with Crippen LogP contribution in [0.3, 0.4) is 0 Å². The van der Waals surface area contributed by atoms with Gasteiger partial charge in [0, 0.05) is 12.0 Å². The van der Waals surface area contributed by atoms with E-state index >= 15 is 0 Å². The van der Waals surface area contributed by atoms with Crippen LogP contribution in [0.2, 0.25) is 0 Å². The number of benzene rings is 1. The van der Waals surface area contributed by atoms with E-state index in [4.69, 9.17) is 14.6 Å². The molecule has 5 nitrogen and oxygen atoms in total. The van der Waals surface area contributed by atoms with Gasteiger partial charge in [-0.25, -0.2) is 0 Å². The highest BCUT2D eigenvalue weighted by atomic mass is 16.5. The lowest BCUT2D eigenvalue weighted by molar-refractivity contribution is -0.137. The van der Waals surface area contributed by atoms with E-state index in [2.05, 4.69) is 0 Å². The standard InChI is InChI=1S/C15H22O5/c1-10-9-12(19-2)15(20-3)14(18)11(10)7-5-4-6-8-13(16)17/h9,18H,4-8H2,1-3H3,(H,16,17). The van der Waals surface area contributed by atoms with Crippen LogP contribution in [0.4, 0.5) is 0 Å². The molecule has 0 unspecified atom stereocenters. The van der Waals surface area contributed by atoms with E-state index in [0.29, 0.717) is 24.3 Å². The minimum Gasteiger partial charge on any atom is -0.504 e. The molecule has 0 spiro atoms. The maximum atomic E-state index is 10.4. The Balaban J connectivity index is 2.72. The Morgan fingerprint density at radius 3 is 2.45 bits per heavy atom. The minimum absolute atomic E-state index is 0.114. The number of hydrogen-bond donors (Lipinski definition) is 2. The van der Waals surface area contributed by atoms with Gasteiger partial charge < -0.3 is 19.7 Å². The summed E-state index contributed by atoms with van der Waals surface area (Å²) in [6, 6.07) is 1.84. The van der Waals surface area contributed by atoms with Gasteiger partial charge in [-0.05, 0) is 37.8 Å². The molecule has 112 valence electrons. The van der Waals surface area contributed by atoms with Gasteiger partial charge >= 0.3 is 5.97 Å². The number of phenols is 1. The first kappa shape index (κ1) is 16.1. The summed E-state index contributed by atoms with van der Waals surface area (Å²) in [6.07, 6.45) is 3.19. The fraction of sp³-hybridized carbons (Fsp3) is 0.533. The summed E-state index contributed by atoms with van der Waals surface area (Å²) in [6.45, 7) is 1.91. The van der Waals surface area contributed by atoms with Crippen molar-refractivity contribution in [3.05, 3.63) is 17.2 Å². The molecule has 0 bridgehead atoms. The number of phenolic OH excluding ortho intramolecular Hbond substituents is 1. The number of rotatable bonds is 8. The third kappa shape index (κ3) is 4.05. The predicted molar refractivity (Wildman–Crippen MR) is 75.8 cm³/mol. The fourth-order valence-electron chi connectivity index (χ4n) is 2.21. The number of hydrogen-bond acceptors (Lipinski definition) is 4. The van der Waals surface area contributed by atoms with Crippen molar-refractivity contribution in [1.82, 2.24) is 0 Å². The highest BCUT2D eigenvalue weighted by Crippen LogP contribution is 2.41. The highest BCUT2D eigenvalue weighted by Gasteiger charge is 2.16. The topological polar surface area (TPSA) is 76.0 Å². The minimum atomic E-state index is -0.768. The highest BCUT2D eigenvalue weighted by molar-refractivity contribution is 5.66. The van der Waals surface area contributed by atoms with E-state index < -0.39 is 5.97 Å². The molecule has 0 atom stereocenters. The molecule has 0 heterocycles. The first-order chi connectivity index (χ1) is 9.51. The van der Waals surface area contributed by atoms with E-state index in [-0.39, 0.29) is 12.2 Å². The lowest BCUT2D eigenvalue weighted by Gasteiger charge is -2.15. The number of aryl methyl sites for hydroxylation is 1. The number of ether oxygens (including phenoxy) is 2. The summed E-state index contributed by atoms with van der Waals surface area (Å²) in [5, 5.41) is 18.8. The molecule has 0 saturated carbocycles. The SMILES string of the molecule is COc1cc(C)c(CCCCCC(=O)O)c(O)c1OC. The molecule has 0 fully saturated rings. The van der Waals surface area contributed by atoms with E-state index in [9.17, 15) is 9.90 Å². The van der Waals surface area contributed by atoms with Crippen LogP contribution in [-0.4, -0.2) is 30.4 Å². The summed E-state index contributed by atoms with van der Waals surface area (Å²) in [5.41, 5.74) is 1.77. The van der Waals surface area contributed by atoms with Crippen LogP contribution in [-0.2, 0) is 11.2 Å². The number of carboxylic acid groups (broad SMARTS) is 1. The van der Waals surface area contributed by atoms with Crippen molar-refractivity contribution in [1.29, 1.82) is 0 Å². The number of carbonyl (C=O) groups is 1. The zero-order chi connectivity index (χ0) is 15.1. The van der Waals surface area contributed by atoms with Crippen molar-refractivity contribution >= 4 is 5.97 Å². The molecule has 0 aliphatic heterocycles. The second-order valence-corrected chi connectivity index (χ2v) is 4.71. The lowest BCUT2D eigenvalue weighted by atomic mass is 9.99. The maximum absolute atomic E-state index is 10.4. The lowest BCUT2D eigenvalue weighted by Crippen LogP contribution is -1.98. The molecular formula is C15H22O5. The van der Waals surface area contributed by atoms with Crippen LogP contribution in [0.5, 0.6) is 17.2 Å². The number of methoxy groups -OCH3 is 2. The largest absolute Gasteiger partial charge is 0.504 e. The van der Waals surface area contributed by atoms with Crippen molar-refractivity contribution in [3.63, 3.8) is 0 Å². The van der Waals surface area contributed by atoms with Crippen molar-refractivity contribution < 1.29 is 24.5 Å². The van der Waals surface area contributed by atoms with Crippen molar-refractivity contribution in [2.24, 2.45) is 0 Å². The first-order valence-electron chi connectivity index (χ1n) is 6.66. The molecule has 1 rings (SSSR count). The number of aromatic hydroxyl groups is 1. The Kier molecular flexibility index (Phi) is 6.15. The third-order valence-electron chi connectivity index (χ3n) is 3.29. The quantitative estimate of drug-likeness (QED) is 0.717. The van der Waals surface area contributed by atoms with Gasteiger partial charge in [0.1, 0.15) is 0 Å². The van der Waals surface area contributed by atoms with Crippen LogP contribution < -0.4 is 9.47 Å². The molecule has 0 aliphatic carbocycles. The number of aliphatic carboxylic acids is 1. The first-order valence-corrected chi connectivity index (χ1v) is 6.66. The molecular weight excluding hydrogens is 260 g/mol. The normalized spacial score (nSPS) is 10.3. The number of carboxylic acids is 1. The van der Waals surface area contributed by atoms with Gasteiger partial charge in [-0.1, -0.05) is 6.42 Å². The molecule has 20 heavy (non-hydrogen) atoms. The predicted octanol–water partition coefficient (Wildman–Crippen LogP) is 2.91. The number of unbranched alkanes of at least 4 members (excludes halogenated alkanes) is 2. The van der Waals surface area contributed by atoms with Crippen molar-refractivity contribution in [2.75, 3.05) is 14.2 Å².